The minimum Gasteiger partial charge on any atom is -0.494 e. The molecule has 12 heteroatoms. The van der Waals surface area contributed by atoms with E-state index in [0.29, 0.717) is 36.0 Å². The Hall–Kier alpha value is -4.90. The number of rotatable bonds is 8. The van der Waals surface area contributed by atoms with Crippen molar-refractivity contribution in [1.29, 1.82) is 0 Å². The summed E-state index contributed by atoms with van der Waals surface area (Å²) in [4.78, 5) is 37.1. The molecule has 1 saturated heterocycles. The summed E-state index contributed by atoms with van der Waals surface area (Å²) in [6.07, 6.45) is 1.46. The molecule has 2 N–H and O–H groups in total. The smallest absolute Gasteiger partial charge is 0.343 e. The van der Waals surface area contributed by atoms with Gasteiger partial charge in [0.1, 0.15) is 22.3 Å². The Labute approximate surface area is 247 Å². The first-order chi connectivity index (χ1) is 20.3. The number of piperazine rings is 1. The fourth-order valence-electron chi connectivity index (χ4n) is 4.42. The summed E-state index contributed by atoms with van der Waals surface area (Å²) in [6.45, 7) is 4.39. The molecule has 3 aromatic carbocycles. The number of amides is 1. The molecule has 1 fully saturated rings. The molecule has 216 valence electrons. The number of ether oxygens (including phenoxy) is 2. The fourth-order valence-corrected chi connectivity index (χ4v) is 4.56. The van der Waals surface area contributed by atoms with Crippen LogP contribution in [0.15, 0.2) is 72.9 Å². The zero-order valence-electron chi connectivity index (χ0n) is 22.9. The van der Waals surface area contributed by atoms with Gasteiger partial charge in [0, 0.05) is 50.5 Å². The second kappa shape index (κ2) is 12.7. The standard InChI is InChI=1S/C30H28ClFN6O4/c1-19(39)37-12-14-38(15-13-37)23-8-11-26(27(17-23)41-2)35-30-33-18-25(31)28(36-30)34-22-5-3-4-20(16-22)29(40)42-24-9-6-21(32)7-10-24/h3-11,16-18H,12-15H2,1-2H3,(H2,33,34,35,36). The Morgan fingerprint density at radius 2 is 1.74 bits per heavy atom. The number of esters is 1. The molecular formula is C30H28ClFN6O4. The average molecular weight is 591 g/mol. The highest BCUT2D eigenvalue weighted by atomic mass is 35.5. The highest BCUT2D eigenvalue weighted by Gasteiger charge is 2.20. The number of nitrogens with one attached hydrogen (secondary N) is 2. The molecule has 0 radical (unpaired) electrons. The molecule has 0 bridgehead atoms. The molecule has 2 heterocycles. The summed E-state index contributed by atoms with van der Waals surface area (Å²) < 4.78 is 24.1. The van der Waals surface area contributed by atoms with Gasteiger partial charge in [-0.2, -0.15) is 4.98 Å². The van der Waals surface area contributed by atoms with E-state index in [1.54, 1.807) is 38.3 Å². The lowest BCUT2D eigenvalue weighted by Crippen LogP contribution is -2.48. The lowest BCUT2D eigenvalue weighted by Gasteiger charge is -2.35. The van der Waals surface area contributed by atoms with E-state index in [0.717, 1.165) is 18.8 Å². The van der Waals surface area contributed by atoms with Crippen molar-refractivity contribution in [3.05, 3.63) is 89.3 Å². The Bertz CT molecular complexity index is 1600. The molecule has 10 nitrogen and oxygen atoms in total. The largest absolute Gasteiger partial charge is 0.494 e. The van der Waals surface area contributed by atoms with E-state index in [1.807, 2.05) is 23.1 Å². The van der Waals surface area contributed by atoms with Crippen LogP contribution in [0, 0.1) is 5.82 Å². The maximum absolute atomic E-state index is 13.2. The lowest BCUT2D eigenvalue weighted by atomic mass is 10.2. The Morgan fingerprint density at radius 1 is 0.976 bits per heavy atom. The van der Waals surface area contributed by atoms with Crippen LogP contribution in [-0.4, -0.2) is 60.0 Å². The summed E-state index contributed by atoms with van der Waals surface area (Å²) >= 11 is 6.37. The quantitative estimate of drug-likeness (QED) is 0.199. The number of carbonyl (C=O) groups excluding carboxylic acids is 2. The number of halogens is 2. The van der Waals surface area contributed by atoms with Gasteiger partial charge >= 0.3 is 5.97 Å². The minimum atomic E-state index is -0.599. The first-order valence-corrected chi connectivity index (χ1v) is 13.5. The normalized spacial score (nSPS) is 13.0. The third-order valence-electron chi connectivity index (χ3n) is 6.65. The van der Waals surface area contributed by atoms with Gasteiger partial charge in [-0.3, -0.25) is 4.79 Å². The second-order valence-corrected chi connectivity index (χ2v) is 9.85. The zero-order valence-corrected chi connectivity index (χ0v) is 23.7. The van der Waals surface area contributed by atoms with Crippen LogP contribution in [0.3, 0.4) is 0 Å². The minimum absolute atomic E-state index is 0.0840. The van der Waals surface area contributed by atoms with Crippen LogP contribution in [0.1, 0.15) is 17.3 Å². The van der Waals surface area contributed by atoms with E-state index < -0.39 is 11.8 Å². The van der Waals surface area contributed by atoms with E-state index in [4.69, 9.17) is 21.1 Å². The van der Waals surface area contributed by atoms with Gasteiger partial charge in [-0.15, -0.1) is 0 Å². The Balaban J connectivity index is 1.28. The number of hydrogen-bond donors (Lipinski definition) is 2. The third-order valence-corrected chi connectivity index (χ3v) is 6.93. The summed E-state index contributed by atoms with van der Waals surface area (Å²) in [5.41, 5.74) is 2.46. The van der Waals surface area contributed by atoms with Crippen LogP contribution in [0.4, 0.5) is 33.2 Å². The molecular weight excluding hydrogens is 563 g/mol. The molecule has 42 heavy (non-hydrogen) atoms. The maximum atomic E-state index is 13.2. The van der Waals surface area contributed by atoms with Gasteiger partial charge in [-0.1, -0.05) is 17.7 Å². The van der Waals surface area contributed by atoms with Gasteiger partial charge in [0.25, 0.3) is 0 Å². The number of methoxy groups -OCH3 is 1. The maximum Gasteiger partial charge on any atom is 0.343 e. The summed E-state index contributed by atoms with van der Waals surface area (Å²) in [6, 6.07) is 17.6. The van der Waals surface area contributed by atoms with E-state index in [9.17, 15) is 14.0 Å². The van der Waals surface area contributed by atoms with Gasteiger partial charge in [0.2, 0.25) is 11.9 Å². The predicted octanol–water partition coefficient (Wildman–Crippen LogP) is 5.65. The molecule has 1 aliphatic rings. The number of aromatic nitrogens is 2. The number of benzene rings is 3. The van der Waals surface area contributed by atoms with Crippen molar-refractivity contribution in [2.45, 2.75) is 6.92 Å². The van der Waals surface area contributed by atoms with Crippen molar-refractivity contribution in [1.82, 2.24) is 14.9 Å². The van der Waals surface area contributed by atoms with Crippen LogP contribution < -0.4 is 25.0 Å². The van der Waals surface area contributed by atoms with Crippen LogP contribution in [0.25, 0.3) is 0 Å². The van der Waals surface area contributed by atoms with Crippen LogP contribution in [-0.2, 0) is 4.79 Å². The van der Waals surface area contributed by atoms with Gasteiger partial charge in [0.15, 0.2) is 5.82 Å². The number of nitrogens with zero attached hydrogens (tertiary/aromatic N) is 4. The van der Waals surface area contributed by atoms with E-state index in [2.05, 4.69) is 25.5 Å². The van der Waals surface area contributed by atoms with Crippen LogP contribution in [0.2, 0.25) is 5.02 Å². The third kappa shape index (κ3) is 6.87. The van der Waals surface area contributed by atoms with Crippen molar-refractivity contribution in [3.8, 4) is 11.5 Å². The summed E-state index contributed by atoms with van der Waals surface area (Å²) in [5.74, 6) is 0.480. The molecule has 5 rings (SSSR count). The molecule has 0 spiro atoms. The SMILES string of the molecule is COc1cc(N2CCN(C(C)=O)CC2)ccc1Nc1ncc(Cl)c(Nc2cccc(C(=O)Oc3ccc(F)cc3)c2)n1. The molecule has 1 aliphatic heterocycles. The highest BCUT2D eigenvalue weighted by Crippen LogP contribution is 2.33. The predicted molar refractivity (Wildman–Crippen MR) is 159 cm³/mol. The van der Waals surface area contributed by atoms with Crippen molar-refractivity contribution in [2.24, 2.45) is 0 Å². The number of carbonyl (C=O) groups is 2. The Morgan fingerprint density at radius 3 is 2.45 bits per heavy atom. The summed E-state index contributed by atoms with van der Waals surface area (Å²) in [7, 11) is 1.59. The molecule has 0 aliphatic carbocycles. The van der Waals surface area contributed by atoms with E-state index in [1.165, 1.54) is 30.5 Å². The van der Waals surface area contributed by atoms with E-state index in [-0.39, 0.29) is 28.2 Å². The van der Waals surface area contributed by atoms with Crippen molar-refractivity contribution < 1.29 is 23.5 Å². The molecule has 4 aromatic rings. The molecule has 0 saturated carbocycles. The van der Waals surface area contributed by atoms with Gasteiger partial charge in [0.05, 0.1) is 24.6 Å². The van der Waals surface area contributed by atoms with Gasteiger partial charge in [-0.05, 0) is 54.6 Å². The number of hydrogen-bond acceptors (Lipinski definition) is 9. The van der Waals surface area contributed by atoms with E-state index >= 15 is 0 Å². The average Bonchev–Trinajstić information content (AvgIpc) is 3.00. The zero-order chi connectivity index (χ0) is 29.6. The van der Waals surface area contributed by atoms with Crippen LogP contribution in [0.5, 0.6) is 11.5 Å². The first kappa shape index (κ1) is 28.6. The lowest BCUT2D eigenvalue weighted by molar-refractivity contribution is -0.129. The topological polar surface area (TPSA) is 109 Å². The number of anilines is 5. The molecule has 1 aromatic heterocycles. The second-order valence-electron chi connectivity index (χ2n) is 9.44. The summed E-state index contributed by atoms with van der Waals surface area (Å²) in [5, 5.41) is 6.55. The van der Waals surface area contributed by atoms with Crippen molar-refractivity contribution in [2.75, 3.05) is 48.8 Å². The fraction of sp³-hybridized carbons (Fsp3) is 0.200. The highest BCUT2D eigenvalue weighted by molar-refractivity contribution is 6.32. The first-order valence-electron chi connectivity index (χ1n) is 13.1. The van der Waals surface area contributed by atoms with Crippen LogP contribution >= 0.6 is 11.6 Å². The van der Waals surface area contributed by atoms with Gasteiger partial charge in [-0.25, -0.2) is 14.2 Å². The molecule has 1 amide bonds. The monoisotopic (exact) mass is 590 g/mol. The van der Waals surface area contributed by atoms with Gasteiger partial charge < -0.3 is 29.9 Å². The molecule has 0 unspecified atom stereocenters. The van der Waals surface area contributed by atoms with Crippen molar-refractivity contribution in [3.63, 3.8) is 0 Å². The Kier molecular flexibility index (Phi) is 8.68. The molecule has 0 atom stereocenters. The van der Waals surface area contributed by atoms with Crippen molar-refractivity contribution >= 4 is 52.3 Å².